The minimum absolute atomic E-state index is 0.0156. The molecule has 0 heterocycles. The zero-order valence-electron chi connectivity index (χ0n) is 23.2. The number of likely N-dealkylation sites (N-methyl/N-ethyl adjacent to an activating group) is 1. The molecule has 0 saturated carbocycles. The van der Waals surface area contributed by atoms with Crippen molar-refractivity contribution in [1.29, 1.82) is 0 Å². The molecule has 0 aliphatic heterocycles. The van der Waals surface area contributed by atoms with E-state index < -0.39 is 28.5 Å². The number of amides is 2. The third-order valence-electron chi connectivity index (χ3n) is 6.64. The van der Waals surface area contributed by atoms with Crippen molar-refractivity contribution in [2.75, 3.05) is 20.7 Å². The van der Waals surface area contributed by atoms with Crippen LogP contribution in [0.1, 0.15) is 31.4 Å². The number of nitrogens with zero attached hydrogens (tertiary/aromatic N) is 2. The van der Waals surface area contributed by atoms with Crippen molar-refractivity contribution in [3.05, 3.63) is 95.0 Å². The number of benzene rings is 3. The second-order valence-corrected chi connectivity index (χ2v) is 12.1. The van der Waals surface area contributed by atoms with E-state index in [4.69, 9.17) is 16.3 Å². The van der Waals surface area contributed by atoms with Gasteiger partial charge < -0.3 is 15.0 Å². The Morgan fingerprint density at radius 1 is 0.975 bits per heavy atom. The Morgan fingerprint density at radius 2 is 1.62 bits per heavy atom. The number of carbonyl (C=O) groups excluding carboxylic acids is 2. The van der Waals surface area contributed by atoms with Gasteiger partial charge in [-0.3, -0.25) is 9.59 Å². The molecule has 40 heavy (non-hydrogen) atoms. The summed E-state index contributed by atoms with van der Waals surface area (Å²) in [7, 11) is -1.09. The number of hydrogen-bond donors (Lipinski definition) is 1. The predicted molar refractivity (Wildman–Crippen MR) is 157 cm³/mol. The molecule has 3 rings (SSSR count). The monoisotopic (exact) mass is 585 g/mol. The Balaban J connectivity index is 1.99. The van der Waals surface area contributed by atoms with Crippen molar-refractivity contribution in [1.82, 2.24) is 14.5 Å². The number of nitrogens with one attached hydrogen (secondary N) is 1. The first-order chi connectivity index (χ1) is 19.0. The Hall–Kier alpha value is -3.40. The largest absolute Gasteiger partial charge is 0.497 e. The van der Waals surface area contributed by atoms with Crippen LogP contribution in [0.15, 0.2) is 83.8 Å². The maximum absolute atomic E-state index is 13.9. The van der Waals surface area contributed by atoms with Gasteiger partial charge in [-0.1, -0.05) is 61.0 Å². The summed E-state index contributed by atoms with van der Waals surface area (Å²) in [6.45, 7) is 3.48. The molecule has 0 aromatic heterocycles. The van der Waals surface area contributed by atoms with Crippen LogP contribution in [0, 0.1) is 0 Å². The summed E-state index contributed by atoms with van der Waals surface area (Å²) in [5, 5.41) is 3.41. The fourth-order valence-electron chi connectivity index (χ4n) is 4.12. The Morgan fingerprint density at radius 3 is 2.25 bits per heavy atom. The standard InChI is InChI=1S/C30H36ClN3O5S/c1-5-22(2)32-30(36)28(19-23-10-7-6-8-11-23)34(20-24-12-9-13-26(18-24)39-4)29(35)21-33(3)40(37,38)27-16-14-25(31)15-17-27/h6-18,22,28H,5,19-21H2,1-4H3,(H,32,36)/t22-,28+/m1/s1. The van der Waals surface area contributed by atoms with Crippen LogP contribution >= 0.6 is 11.6 Å². The molecule has 0 fully saturated rings. The van der Waals surface area contributed by atoms with Gasteiger partial charge in [0.2, 0.25) is 21.8 Å². The highest BCUT2D eigenvalue weighted by Crippen LogP contribution is 2.21. The van der Waals surface area contributed by atoms with Crippen LogP contribution in [0.4, 0.5) is 0 Å². The molecule has 0 bridgehead atoms. The average Bonchev–Trinajstić information content (AvgIpc) is 2.95. The number of ether oxygens (including phenoxy) is 1. The van der Waals surface area contributed by atoms with Crippen LogP contribution in [0.2, 0.25) is 5.02 Å². The maximum Gasteiger partial charge on any atom is 0.243 e. The second kappa shape index (κ2) is 14.3. The first kappa shape index (κ1) is 31.1. The fourth-order valence-corrected chi connectivity index (χ4v) is 5.36. The van der Waals surface area contributed by atoms with Gasteiger partial charge in [-0.05, 0) is 60.9 Å². The van der Waals surface area contributed by atoms with Crippen molar-refractivity contribution in [2.24, 2.45) is 0 Å². The lowest BCUT2D eigenvalue weighted by molar-refractivity contribution is -0.141. The lowest BCUT2D eigenvalue weighted by Crippen LogP contribution is -2.54. The van der Waals surface area contributed by atoms with Gasteiger partial charge in [-0.2, -0.15) is 4.31 Å². The number of methoxy groups -OCH3 is 1. The minimum Gasteiger partial charge on any atom is -0.497 e. The molecule has 0 unspecified atom stereocenters. The third-order valence-corrected chi connectivity index (χ3v) is 8.71. The lowest BCUT2D eigenvalue weighted by Gasteiger charge is -2.33. The van der Waals surface area contributed by atoms with Gasteiger partial charge in [0.05, 0.1) is 18.6 Å². The van der Waals surface area contributed by atoms with Crippen LogP contribution in [0.5, 0.6) is 5.75 Å². The first-order valence-corrected chi connectivity index (χ1v) is 14.9. The van der Waals surface area contributed by atoms with Crippen LogP contribution in [0.25, 0.3) is 0 Å². The Labute approximate surface area is 241 Å². The van der Waals surface area contributed by atoms with Crippen molar-refractivity contribution in [3.63, 3.8) is 0 Å². The molecule has 0 radical (unpaired) electrons. The van der Waals surface area contributed by atoms with Gasteiger partial charge in [0.25, 0.3) is 0 Å². The van der Waals surface area contributed by atoms with E-state index in [2.05, 4.69) is 5.32 Å². The van der Waals surface area contributed by atoms with E-state index in [0.717, 1.165) is 21.9 Å². The normalized spacial score (nSPS) is 12.9. The molecule has 0 aliphatic carbocycles. The number of carbonyl (C=O) groups is 2. The SMILES string of the molecule is CC[C@@H](C)NC(=O)[C@H](Cc1ccccc1)N(Cc1cccc(OC)c1)C(=O)CN(C)S(=O)(=O)c1ccc(Cl)cc1. The molecular formula is C30H36ClN3O5S. The minimum atomic E-state index is -3.99. The molecular weight excluding hydrogens is 550 g/mol. The van der Waals surface area contributed by atoms with Crippen molar-refractivity contribution in [2.45, 2.75) is 50.2 Å². The van der Waals surface area contributed by atoms with Gasteiger partial charge in [0.15, 0.2) is 0 Å². The van der Waals surface area contributed by atoms with Gasteiger partial charge >= 0.3 is 0 Å². The molecule has 1 N–H and O–H groups in total. The molecule has 214 valence electrons. The Kier molecular flexibility index (Phi) is 11.1. The van der Waals surface area contributed by atoms with E-state index in [1.54, 1.807) is 25.3 Å². The highest BCUT2D eigenvalue weighted by molar-refractivity contribution is 7.89. The number of sulfonamides is 1. The lowest BCUT2D eigenvalue weighted by atomic mass is 10.0. The first-order valence-electron chi connectivity index (χ1n) is 13.0. The summed E-state index contributed by atoms with van der Waals surface area (Å²) in [4.78, 5) is 29.0. The van der Waals surface area contributed by atoms with Crippen LogP contribution < -0.4 is 10.1 Å². The molecule has 10 heteroatoms. The zero-order valence-corrected chi connectivity index (χ0v) is 24.8. The second-order valence-electron chi connectivity index (χ2n) is 9.61. The fraction of sp³-hybridized carbons (Fsp3) is 0.333. The average molecular weight is 586 g/mol. The van der Waals surface area contributed by atoms with Crippen LogP contribution in [-0.2, 0) is 32.6 Å². The topological polar surface area (TPSA) is 96.0 Å². The van der Waals surface area contributed by atoms with E-state index in [0.29, 0.717) is 10.8 Å². The zero-order chi connectivity index (χ0) is 29.3. The smallest absolute Gasteiger partial charge is 0.243 e. The predicted octanol–water partition coefficient (Wildman–Crippen LogP) is 4.52. The van der Waals surface area contributed by atoms with Gasteiger partial charge in [-0.15, -0.1) is 0 Å². The summed E-state index contributed by atoms with van der Waals surface area (Å²) >= 11 is 5.93. The van der Waals surface area contributed by atoms with E-state index in [1.165, 1.54) is 36.2 Å². The third kappa shape index (κ3) is 8.30. The highest BCUT2D eigenvalue weighted by Gasteiger charge is 2.33. The maximum atomic E-state index is 13.9. The Bertz CT molecular complexity index is 1380. The van der Waals surface area contributed by atoms with Crippen molar-refractivity contribution in [3.8, 4) is 5.75 Å². The van der Waals surface area contributed by atoms with Crippen LogP contribution in [0.3, 0.4) is 0 Å². The molecule has 3 aromatic rings. The van der Waals surface area contributed by atoms with Gasteiger partial charge in [0.1, 0.15) is 11.8 Å². The molecule has 0 aliphatic rings. The van der Waals surface area contributed by atoms with E-state index >= 15 is 0 Å². The quantitative estimate of drug-likeness (QED) is 0.318. The summed E-state index contributed by atoms with van der Waals surface area (Å²) in [5.74, 6) is -0.211. The summed E-state index contributed by atoms with van der Waals surface area (Å²) in [6, 6.07) is 21.4. The molecule has 2 atom stereocenters. The molecule has 0 spiro atoms. The summed E-state index contributed by atoms with van der Waals surface area (Å²) < 4.78 is 32.8. The molecule has 8 nitrogen and oxygen atoms in total. The van der Waals surface area contributed by atoms with Crippen LogP contribution in [-0.4, -0.2) is 62.2 Å². The number of halogens is 1. The van der Waals surface area contributed by atoms with Gasteiger partial charge in [0, 0.05) is 31.1 Å². The molecule has 2 amide bonds. The van der Waals surface area contributed by atoms with Crippen molar-refractivity contribution >= 4 is 33.4 Å². The van der Waals surface area contributed by atoms with E-state index in [1.807, 2.05) is 50.2 Å². The summed E-state index contributed by atoms with van der Waals surface area (Å²) in [6.07, 6.45) is 0.974. The van der Waals surface area contributed by atoms with E-state index in [-0.39, 0.29) is 29.8 Å². The summed E-state index contributed by atoms with van der Waals surface area (Å²) in [5.41, 5.74) is 1.61. The van der Waals surface area contributed by atoms with Gasteiger partial charge in [-0.25, -0.2) is 8.42 Å². The number of hydrogen-bond acceptors (Lipinski definition) is 5. The van der Waals surface area contributed by atoms with E-state index in [9.17, 15) is 18.0 Å². The molecule has 3 aromatic carbocycles. The highest BCUT2D eigenvalue weighted by atomic mass is 35.5. The van der Waals surface area contributed by atoms with Crippen molar-refractivity contribution < 1.29 is 22.7 Å². The number of rotatable bonds is 13. The molecule has 0 saturated heterocycles.